The molecule has 1 fully saturated rings. The van der Waals surface area contributed by atoms with Crippen molar-refractivity contribution in [3.63, 3.8) is 0 Å². The van der Waals surface area contributed by atoms with Gasteiger partial charge in [0.2, 0.25) is 11.8 Å². The summed E-state index contributed by atoms with van der Waals surface area (Å²) < 4.78 is 6.46. The number of hydrogen-bond donors (Lipinski definition) is 2. The largest absolute Gasteiger partial charge is 0.462 e. The Hall–Kier alpha value is -3.20. The molecule has 1 aliphatic heterocycles. The van der Waals surface area contributed by atoms with Gasteiger partial charge in [-0.1, -0.05) is 30.3 Å². The monoisotopic (exact) mass is 441 g/mol. The van der Waals surface area contributed by atoms with E-state index in [1.807, 2.05) is 35.2 Å². The molecule has 0 spiro atoms. The van der Waals surface area contributed by atoms with Crippen LogP contribution in [-0.4, -0.2) is 64.7 Å². The van der Waals surface area contributed by atoms with Gasteiger partial charge >= 0.3 is 5.97 Å². The van der Waals surface area contributed by atoms with Crippen LogP contribution in [0.3, 0.4) is 0 Å². The van der Waals surface area contributed by atoms with Crippen LogP contribution in [0.15, 0.2) is 36.5 Å². The molecule has 0 bridgehead atoms. The lowest BCUT2D eigenvalue weighted by Gasteiger charge is -2.31. The number of rotatable bonds is 9. The van der Waals surface area contributed by atoms with Gasteiger partial charge in [0.1, 0.15) is 11.4 Å². The van der Waals surface area contributed by atoms with Crippen molar-refractivity contribution in [2.45, 2.75) is 38.6 Å². The van der Waals surface area contributed by atoms with E-state index >= 15 is 0 Å². The van der Waals surface area contributed by atoms with Crippen LogP contribution in [0.2, 0.25) is 0 Å². The third-order valence-corrected chi connectivity index (χ3v) is 5.50. The lowest BCUT2D eigenvalue weighted by molar-refractivity contribution is -0.122. The molecule has 0 aliphatic carbocycles. The molecule has 172 valence electrons. The van der Waals surface area contributed by atoms with E-state index in [4.69, 9.17) is 4.74 Å². The molecule has 9 nitrogen and oxygen atoms in total. The summed E-state index contributed by atoms with van der Waals surface area (Å²) in [6.45, 7) is 3.61. The number of hydrogen-bond acceptors (Lipinski definition) is 6. The van der Waals surface area contributed by atoms with Crippen molar-refractivity contribution in [2.24, 2.45) is 7.05 Å². The quantitative estimate of drug-likeness (QED) is 0.575. The summed E-state index contributed by atoms with van der Waals surface area (Å²) in [7, 11) is 1.66. The SMILES string of the molecule is CCOC(=O)c1cnn(C)c1NC(=O)CN1CCC(NC(=O)CCc2ccccc2)CC1. The summed E-state index contributed by atoms with van der Waals surface area (Å²) in [5.41, 5.74) is 1.39. The summed E-state index contributed by atoms with van der Waals surface area (Å²) in [5.74, 6) is -0.342. The summed E-state index contributed by atoms with van der Waals surface area (Å²) in [4.78, 5) is 38.9. The summed E-state index contributed by atoms with van der Waals surface area (Å²) in [6.07, 6.45) is 4.18. The van der Waals surface area contributed by atoms with Crippen LogP contribution in [0.5, 0.6) is 0 Å². The van der Waals surface area contributed by atoms with Crippen LogP contribution >= 0.6 is 0 Å². The van der Waals surface area contributed by atoms with E-state index < -0.39 is 5.97 Å². The zero-order valence-electron chi connectivity index (χ0n) is 18.7. The van der Waals surface area contributed by atoms with Crippen molar-refractivity contribution in [2.75, 3.05) is 31.6 Å². The predicted molar refractivity (Wildman–Crippen MR) is 120 cm³/mol. The van der Waals surface area contributed by atoms with E-state index in [9.17, 15) is 14.4 Å². The van der Waals surface area contributed by atoms with Crippen LogP contribution in [0.1, 0.15) is 42.1 Å². The maximum Gasteiger partial charge on any atom is 0.343 e. The van der Waals surface area contributed by atoms with Gasteiger partial charge in [0.15, 0.2) is 0 Å². The van der Waals surface area contributed by atoms with Crippen molar-refractivity contribution in [1.82, 2.24) is 20.0 Å². The predicted octanol–water partition coefficient (Wildman–Crippen LogP) is 1.75. The summed E-state index contributed by atoms with van der Waals surface area (Å²) >= 11 is 0. The van der Waals surface area contributed by atoms with Gasteiger partial charge in [-0.15, -0.1) is 0 Å². The summed E-state index contributed by atoms with van der Waals surface area (Å²) in [6, 6.07) is 10.1. The first-order valence-electron chi connectivity index (χ1n) is 11.0. The van der Waals surface area contributed by atoms with Gasteiger partial charge in [-0.2, -0.15) is 5.10 Å². The van der Waals surface area contributed by atoms with E-state index in [1.165, 1.54) is 10.9 Å². The number of nitrogens with one attached hydrogen (secondary N) is 2. The minimum Gasteiger partial charge on any atom is -0.462 e. The van der Waals surface area contributed by atoms with E-state index in [0.29, 0.717) is 25.3 Å². The molecule has 0 atom stereocenters. The molecule has 9 heteroatoms. The Kier molecular flexibility index (Phi) is 8.38. The molecule has 2 amide bonds. The zero-order chi connectivity index (χ0) is 22.9. The molecule has 0 saturated carbocycles. The molecule has 1 saturated heterocycles. The number of likely N-dealkylation sites (tertiary alicyclic amines) is 1. The molecule has 0 unspecified atom stereocenters. The molecule has 1 aromatic heterocycles. The lowest BCUT2D eigenvalue weighted by atomic mass is 10.0. The van der Waals surface area contributed by atoms with Gasteiger partial charge in [0.25, 0.3) is 0 Å². The molecule has 32 heavy (non-hydrogen) atoms. The number of amides is 2. The van der Waals surface area contributed by atoms with Crippen molar-refractivity contribution >= 4 is 23.6 Å². The second-order valence-corrected chi connectivity index (χ2v) is 7.90. The first-order chi connectivity index (χ1) is 15.5. The van der Waals surface area contributed by atoms with E-state index in [1.54, 1.807) is 14.0 Å². The molecular weight excluding hydrogens is 410 g/mol. The van der Waals surface area contributed by atoms with Gasteiger partial charge in [-0.25, -0.2) is 4.79 Å². The number of aromatic nitrogens is 2. The standard InChI is InChI=1S/C23H31N5O4/c1-3-32-23(31)19-15-24-27(2)22(19)26-21(30)16-28-13-11-18(12-14-28)25-20(29)10-9-17-7-5-4-6-8-17/h4-8,15,18H,3,9-14,16H2,1-2H3,(H,25,29)(H,26,30). The number of nitrogens with zero attached hydrogens (tertiary/aromatic N) is 3. The van der Waals surface area contributed by atoms with Gasteiger partial charge in [-0.05, 0) is 31.7 Å². The third-order valence-electron chi connectivity index (χ3n) is 5.50. The van der Waals surface area contributed by atoms with Gasteiger partial charge in [-0.3, -0.25) is 19.2 Å². The average molecular weight is 442 g/mol. The number of benzene rings is 1. The van der Waals surface area contributed by atoms with Crippen LogP contribution in [0.25, 0.3) is 0 Å². The molecule has 1 aliphatic rings. The molecule has 2 heterocycles. The number of aryl methyl sites for hydroxylation is 2. The molecule has 3 rings (SSSR count). The zero-order valence-corrected chi connectivity index (χ0v) is 18.7. The lowest BCUT2D eigenvalue weighted by Crippen LogP contribution is -2.46. The maximum absolute atomic E-state index is 12.5. The Morgan fingerprint density at radius 1 is 1.12 bits per heavy atom. The topological polar surface area (TPSA) is 106 Å². The Morgan fingerprint density at radius 2 is 1.84 bits per heavy atom. The highest BCUT2D eigenvalue weighted by atomic mass is 16.5. The average Bonchev–Trinajstić information content (AvgIpc) is 3.14. The number of carbonyl (C=O) groups is 3. The second kappa shape index (κ2) is 11.4. The minimum absolute atomic E-state index is 0.0627. The van der Waals surface area contributed by atoms with Crippen molar-refractivity contribution in [3.05, 3.63) is 47.7 Å². The number of carbonyl (C=O) groups excluding carboxylic acids is 3. The van der Waals surface area contributed by atoms with E-state index in [2.05, 4.69) is 15.7 Å². The Balaban J connectivity index is 1.40. The molecule has 1 aromatic carbocycles. The minimum atomic E-state index is -0.514. The van der Waals surface area contributed by atoms with Crippen molar-refractivity contribution < 1.29 is 19.1 Å². The highest BCUT2D eigenvalue weighted by Crippen LogP contribution is 2.16. The molecular formula is C23H31N5O4. The first kappa shape index (κ1) is 23.5. The number of piperidine rings is 1. The Bertz CT molecular complexity index is 920. The molecule has 2 N–H and O–H groups in total. The van der Waals surface area contributed by atoms with Crippen molar-refractivity contribution in [1.29, 1.82) is 0 Å². The van der Waals surface area contributed by atoms with E-state index in [0.717, 1.165) is 24.8 Å². The molecule has 0 radical (unpaired) electrons. The fourth-order valence-electron chi connectivity index (χ4n) is 3.76. The van der Waals surface area contributed by atoms with Crippen LogP contribution < -0.4 is 10.6 Å². The van der Waals surface area contributed by atoms with Gasteiger partial charge < -0.3 is 15.4 Å². The second-order valence-electron chi connectivity index (χ2n) is 7.90. The fourth-order valence-corrected chi connectivity index (χ4v) is 3.76. The Morgan fingerprint density at radius 3 is 2.53 bits per heavy atom. The van der Waals surface area contributed by atoms with Gasteiger partial charge in [0.05, 0.1) is 19.3 Å². The highest BCUT2D eigenvalue weighted by molar-refractivity contribution is 6.00. The normalized spacial score (nSPS) is 14.7. The van der Waals surface area contributed by atoms with Crippen LogP contribution in [-0.2, 0) is 27.8 Å². The summed E-state index contributed by atoms with van der Waals surface area (Å²) in [5, 5.41) is 9.92. The Labute approximate surface area is 188 Å². The molecule has 2 aromatic rings. The van der Waals surface area contributed by atoms with Crippen LogP contribution in [0, 0.1) is 0 Å². The number of esters is 1. The third kappa shape index (κ3) is 6.65. The number of anilines is 1. The smallest absolute Gasteiger partial charge is 0.343 e. The maximum atomic E-state index is 12.5. The number of ether oxygens (including phenoxy) is 1. The first-order valence-corrected chi connectivity index (χ1v) is 11.0. The van der Waals surface area contributed by atoms with Gasteiger partial charge in [0, 0.05) is 32.6 Å². The fraction of sp³-hybridized carbons (Fsp3) is 0.478. The highest BCUT2D eigenvalue weighted by Gasteiger charge is 2.24. The van der Waals surface area contributed by atoms with E-state index in [-0.39, 0.29) is 36.6 Å². The van der Waals surface area contributed by atoms with Crippen molar-refractivity contribution in [3.8, 4) is 0 Å². The van der Waals surface area contributed by atoms with Crippen LogP contribution in [0.4, 0.5) is 5.82 Å².